The molecule has 0 spiro atoms. The lowest BCUT2D eigenvalue weighted by atomic mass is 10.1. The number of nitrogens with zero attached hydrogens (tertiary/aromatic N) is 4. The molecule has 0 fully saturated rings. The number of amides is 3. The van der Waals surface area contributed by atoms with E-state index >= 15 is 0 Å². The van der Waals surface area contributed by atoms with E-state index in [1.54, 1.807) is 24.3 Å². The summed E-state index contributed by atoms with van der Waals surface area (Å²) >= 11 is 4.73. The van der Waals surface area contributed by atoms with Gasteiger partial charge in [-0.15, -0.1) is 0 Å². The Kier molecular flexibility index (Phi) is 6.62. The fourth-order valence-electron chi connectivity index (χ4n) is 3.72. The van der Waals surface area contributed by atoms with Crippen molar-refractivity contribution in [3.8, 4) is 5.75 Å². The number of halogens is 1. The van der Waals surface area contributed by atoms with Crippen LogP contribution >= 0.6 is 27.3 Å². The normalized spacial score (nSPS) is 13.0. The van der Waals surface area contributed by atoms with Gasteiger partial charge in [0.25, 0.3) is 17.7 Å². The first kappa shape index (κ1) is 23.8. The SMILES string of the molecule is CCOc1ccc(/C=N/N(C(=O)CN2C(=O)c3ccccc3C2=O)c2nc3ccc(Br)cc3s2)cc1. The van der Waals surface area contributed by atoms with Crippen molar-refractivity contribution in [1.29, 1.82) is 0 Å². The molecule has 3 amide bonds. The third-order valence-corrected chi connectivity index (χ3v) is 6.93. The highest BCUT2D eigenvalue weighted by molar-refractivity contribution is 9.10. The first-order valence-corrected chi connectivity index (χ1v) is 12.7. The average molecular weight is 563 g/mol. The molecule has 180 valence electrons. The van der Waals surface area contributed by atoms with E-state index in [9.17, 15) is 14.4 Å². The maximum Gasteiger partial charge on any atom is 0.269 e. The summed E-state index contributed by atoms with van der Waals surface area (Å²) < 4.78 is 7.21. The molecule has 0 radical (unpaired) electrons. The highest BCUT2D eigenvalue weighted by Gasteiger charge is 2.37. The van der Waals surface area contributed by atoms with E-state index in [0.29, 0.717) is 17.3 Å². The molecule has 4 aromatic rings. The molecule has 0 saturated heterocycles. The number of benzene rings is 3. The molecule has 0 aliphatic carbocycles. The largest absolute Gasteiger partial charge is 0.494 e. The minimum Gasteiger partial charge on any atom is -0.494 e. The van der Waals surface area contributed by atoms with Gasteiger partial charge in [-0.25, -0.2) is 4.98 Å². The first-order chi connectivity index (χ1) is 17.4. The number of imide groups is 1. The third kappa shape index (κ3) is 4.65. The molecule has 10 heteroatoms. The molecule has 0 unspecified atom stereocenters. The number of thiazole rings is 1. The monoisotopic (exact) mass is 562 g/mol. The van der Waals surface area contributed by atoms with Crippen LogP contribution in [0, 0.1) is 0 Å². The molecule has 2 heterocycles. The van der Waals surface area contributed by atoms with Crippen molar-refractivity contribution in [1.82, 2.24) is 9.88 Å². The molecular formula is C26H19BrN4O4S. The lowest BCUT2D eigenvalue weighted by molar-refractivity contribution is -0.118. The van der Waals surface area contributed by atoms with E-state index in [-0.39, 0.29) is 11.1 Å². The Labute approximate surface area is 218 Å². The van der Waals surface area contributed by atoms with Crippen molar-refractivity contribution in [3.63, 3.8) is 0 Å². The van der Waals surface area contributed by atoms with E-state index in [1.165, 1.54) is 17.6 Å². The van der Waals surface area contributed by atoms with E-state index in [0.717, 1.165) is 30.4 Å². The molecule has 3 aromatic carbocycles. The van der Waals surface area contributed by atoms with Crippen LogP contribution in [0.1, 0.15) is 33.2 Å². The Balaban J connectivity index is 1.46. The van der Waals surface area contributed by atoms with Gasteiger partial charge in [0, 0.05) is 4.47 Å². The van der Waals surface area contributed by atoms with Crippen molar-refractivity contribution in [2.24, 2.45) is 5.10 Å². The van der Waals surface area contributed by atoms with Crippen LogP contribution in [-0.4, -0.2) is 47.0 Å². The summed E-state index contributed by atoms with van der Waals surface area (Å²) in [4.78, 5) is 44.6. The fraction of sp³-hybridized carbons (Fsp3) is 0.115. The number of rotatable bonds is 7. The van der Waals surface area contributed by atoms with Gasteiger partial charge in [0.05, 0.1) is 34.2 Å². The van der Waals surface area contributed by atoms with Crippen molar-refractivity contribution in [2.75, 3.05) is 18.2 Å². The summed E-state index contributed by atoms with van der Waals surface area (Å²) in [5.74, 6) is -0.852. The van der Waals surface area contributed by atoms with Crippen LogP contribution in [0.25, 0.3) is 10.2 Å². The lowest BCUT2D eigenvalue weighted by Gasteiger charge is -2.18. The van der Waals surface area contributed by atoms with Crippen LogP contribution in [-0.2, 0) is 4.79 Å². The highest BCUT2D eigenvalue weighted by atomic mass is 79.9. The molecule has 1 aliphatic rings. The van der Waals surface area contributed by atoms with E-state index in [4.69, 9.17) is 4.74 Å². The number of hydrogen-bond donors (Lipinski definition) is 0. The summed E-state index contributed by atoms with van der Waals surface area (Å²) in [5, 5.41) is 5.87. The zero-order chi connectivity index (χ0) is 25.2. The van der Waals surface area contributed by atoms with Gasteiger partial charge in [-0.1, -0.05) is 39.4 Å². The molecule has 0 N–H and O–H groups in total. The number of carbonyl (C=O) groups is 3. The zero-order valence-corrected chi connectivity index (χ0v) is 21.5. The number of ether oxygens (including phenoxy) is 1. The predicted octanol–water partition coefficient (Wildman–Crippen LogP) is 5.12. The summed E-state index contributed by atoms with van der Waals surface area (Å²) in [6.45, 7) is 2.00. The van der Waals surface area contributed by atoms with Gasteiger partial charge in [-0.2, -0.15) is 10.1 Å². The first-order valence-electron chi connectivity index (χ1n) is 11.1. The maximum atomic E-state index is 13.4. The number of anilines is 1. The predicted molar refractivity (Wildman–Crippen MR) is 142 cm³/mol. The van der Waals surface area contributed by atoms with E-state index < -0.39 is 24.3 Å². The molecule has 1 aliphatic heterocycles. The van der Waals surface area contributed by atoms with Crippen LogP contribution in [0.3, 0.4) is 0 Å². The Morgan fingerprint density at radius 3 is 2.44 bits per heavy atom. The molecule has 8 nitrogen and oxygen atoms in total. The van der Waals surface area contributed by atoms with Gasteiger partial charge < -0.3 is 4.74 Å². The van der Waals surface area contributed by atoms with Crippen LogP contribution in [0.5, 0.6) is 5.75 Å². The van der Waals surface area contributed by atoms with Gasteiger partial charge in [0.15, 0.2) is 0 Å². The van der Waals surface area contributed by atoms with Crippen molar-refractivity contribution >= 4 is 66.6 Å². The molecule has 5 rings (SSSR count). The second kappa shape index (κ2) is 10.00. The minimum atomic E-state index is -0.565. The van der Waals surface area contributed by atoms with Crippen molar-refractivity contribution < 1.29 is 19.1 Å². The third-order valence-electron chi connectivity index (χ3n) is 5.44. The number of fused-ring (bicyclic) bond motifs is 2. The number of aromatic nitrogens is 1. The van der Waals surface area contributed by atoms with Crippen molar-refractivity contribution in [2.45, 2.75) is 6.92 Å². The molecule has 36 heavy (non-hydrogen) atoms. The summed E-state index contributed by atoms with van der Waals surface area (Å²) in [6, 6.07) is 19.4. The van der Waals surface area contributed by atoms with Crippen molar-refractivity contribution in [3.05, 3.63) is 87.9 Å². The van der Waals surface area contributed by atoms with E-state index in [1.807, 2.05) is 49.4 Å². The lowest BCUT2D eigenvalue weighted by Crippen LogP contribution is -2.41. The second-order valence-electron chi connectivity index (χ2n) is 7.80. The smallest absolute Gasteiger partial charge is 0.269 e. The average Bonchev–Trinajstić information content (AvgIpc) is 3.40. The number of hydrogen-bond acceptors (Lipinski definition) is 7. The molecule has 0 bridgehead atoms. The van der Waals surface area contributed by atoms with Crippen LogP contribution < -0.4 is 9.75 Å². The molecule has 0 saturated carbocycles. The number of carbonyl (C=O) groups excluding carboxylic acids is 3. The topological polar surface area (TPSA) is 92.2 Å². The summed E-state index contributed by atoms with van der Waals surface area (Å²) in [7, 11) is 0. The maximum absolute atomic E-state index is 13.4. The van der Waals surface area contributed by atoms with Gasteiger partial charge in [-0.3, -0.25) is 19.3 Å². The number of hydrazone groups is 1. The molecule has 1 aromatic heterocycles. The minimum absolute atomic E-state index is 0.282. The second-order valence-corrected chi connectivity index (χ2v) is 9.73. The van der Waals surface area contributed by atoms with Gasteiger partial charge in [0.2, 0.25) is 5.13 Å². The van der Waals surface area contributed by atoms with Gasteiger partial charge >= 0.3 is 0 Å². The van der Waals surface area contributed by atoms with Gasteiger partial charge in [-0.05, 0) is 67.1 Å². The van der Waals surface area contributed by atoms with Crippen LogP contribution in [0.15, 0.2) is 76.3 Å². The van der Waals surface area contributed by atoms with E-state index in [2.05, 4.69) is 26.0 Å². The zero-order valence-electron chi connectivity index (χ0n) is 19.1. The Morgan fingerprint density at radius 1 is 1.08 bits per heavy atom. The molecular weight excluding hydrogens is 544 g/mol. The Morgan fingerprint density at radius 2 is 1.78 bits per heavy atom. The standard InChI is InChI=1S/C26H19BrN4O4S/c1-2-35-18-10-7-16(8-11-18)14-28-31(26-29-21-12-9-17(27)13-22(21)36-26)23(32)15-30-24(33)19-5-3-4-6-20(19)25(30)34/h3-14H,2,15H2,1H3/b28-14+. The quantitative estimate of drug-likeness (QED) is 0.177. The van der Waals surface area contributed by atoms with Crippen LogP contribution in [0.4, 0.5) is 5.13 Å². The Bertz CT molecular complexity index is 1480. The fourth-order valence-corrected chi connectivity index (χ4v) is 5.22. The summed E-state index contributed by atoms with van der Waals surface area (Å²) in [5.41, 5.74) is 2.00. The van der Waals surface area contributed by atoms with Crippen LogP contribution in [0.2, 0.25) is 0 Å². The highest BCUT2D eigenvalue weighted by Crippen LogP contribution is 2.32. The van der Waals surface area contributed by atoms with Gasteiger partial charge in [0.1, 0.15) is 12.3 Å². The summed E-state index contributed by atoms with van der Waals surface area (Å²) in [6.07, 6.45) is 1.53. The molecule has 0 atom stereocenters. The Hall–Kier alpha value is -3.89.